The second-order valence-corrected chi connectivity index (χ2v) is 21.6. The van der Waals surface area contributed by atoms with Crippen molar-refractivity contribution in [1.82, 2.24) is 40.6 Å². The topological polar surface area (TPSA) is 197 Å². The number of pyridine rings is 1. The van der Waals surface area contributed by atoms with Gasteiger partial charge in [0.05, 0.1) is 22.2 Å². The van der Waals surface area contributed by atoms with E-state index in [0.717, 1.165) is 78.1 Å². The van der Waals surface area contributed by atoms with Crippen molar-refractivity contribution < 1.29 is 33.9 Å². The lowest BCUT2D eigenvalue weighted by Gasteiger charge is -2.36. The lowest BCUT2D eigenvalue weighted by atomic mass is 9.85. The van der Waals surface area contributed by atoms with Crippen LogP contribution in [0.1, 0.15) is 112 Å². The SMILES string of the molecule is Cc1ncsc1-c1ccc(CNC(=O)[C@@H]2C[C@@H](O)CN2C(=O)[C@@H](NC(=O)CCCCC(=O)N2CCN(c3ccc(C(=O)N4CCC(CCCCNC(=O)/C=C/c5cccnc5)CC4)cc3)CC2)C(C)(C)C)cc1. The quantitative estimate of drug-likeness (QED) is 0.0570. The number of carbonyl (C=O) groups excluding carboxylic acids is 6. The fourth-order valence-electron chi connectivity index (χ4n) is 9.84. The molecule has 7 rings (SSSR count). The number of nitrogens with one attached hydrogen (secondary N) is 3. The molecule has 0 aliphatic carbocycles. The molecule has 3 fully saturated rings. The van der Waals surface area contributed by atoms with Gasteiger partial charge in [0.15, 0.2) is 0 Å². The zero-order valence-corrected chi connectivity index (χ0v) is 43.7. The number of piperidine rings is 1. The van der Waals surface area contributed by atoms with E-state index in [4.69, 9.17) is 0 Å². The number of benzene rings is 2. The highest BCUT2D eigenvalue weighted by Crippen LogP contribution is 2.29. The minimum absolute atomic E-state index is 0.00611. The first kappa shape index (κ1) is 54.3. The molecular weight excluding hydrogens is 943 g/mol. The number of aliphatic hydroxyl groups excluding tert-OH is 1. The van der Waals surface area contributed by atoms with Crippen molar-refractivity contribution in [3.8, 4) is 10.4 Å². The minimum Gasteiger partial charge on any atom is -0.391 e. The summed E-state index contributed by atoms with van der Waals surface area (Å²) >= 11 is 1.57. The van der Waals surface area contributed by atoms with Crippen LogP contribution in [-0.4, -0.2) is 136 Å². The van der Waals surface area contributed by atoms with Crippen LogP contribution in [0.5, 0.6) is 0 Å². The largest absolute Gasteiger partial charge is 0.391 e. The molecule has 2 aromatic carbocycles. The van der Waals surface area contributed by atoms with Gasteiger partial charge in [0.1, 0.15) is 12.1 Å². The van der Waals surface area contributed by atoms with E-state index in [1.807, 2.05) is 104 Å². The van der Waals surface area contributed by atoms with Gasteiger partial charge in [-0.1, -0.05) is 63.9 Å². The van der Waals surface area contributed by atoms with E-state index < -0.39 is 29.5 Å². The molecule has 3 saturated heterocycles. The standard InChI is InChI=1S/C56H73N9O7S/c1-39-51(73-38-60-39)43-17-14-42(15-18-43)36-59-53(70)47-34-46(66)37-65(47)55(72)52(56(2,3)4)61-49(68)12-5-6-13-50(69)63-32-30-62(31-33-63)45-21-19-44(20-22-45)54(71)64-28-24-40(25-29-64)10-7-8-27-58-48(67)23-16-41-11-9-26-57-35-41/h9,11,14-23,26,35,38,40,46-47,52,66H,5-8,10,12-13,24-25,27-34,36-37H2,1-4H3,(H,58,67)(H,59,70)(H,61,68)/b23-16+/t46-,47+,52-/m1/s1. The lowest BCUT2D eigenvalue weighted by molar-refractivity contribution is -0.144. The fraction of sp³-hybridized carbons (Fsp3) is 0.500. The third-order valence-electron chi connectivity index (χ3n) is 14.2. The summed E-state index contributed by atoms with van der Waals surface area (Å²) in [5, 5.41) is 19.4. The van der Waals surface area contributed by atoms with E-state index in [1.54, 1.807) is 29.8 Å². The highest BCUT2D eigenvalue weighted by molar-refractivity contribution is 7.13. The summed E-state index contributed by atoms with van der Waals surface area (Å²) in [6.07, 6.45) is 12.4. The van der Waals surface area contributed by atoms with Crippen LogP contribution < -0.4 is 20.9 Å². The first-order valence-electron chi connectivity index (χ1n) is 26.0. The average molecular weight is 1020 g/mol. The number of aryl methyl sites for hydroxylation is 1. The van der Waals surface area contributed by atoms with Gasteiger partial charge >= 0.3 is 0 Å². The highest BCUT2D eigenvalue weighted by Gasteiger charge is 2.44. The summed E-state index contributed by atoms with van der Waals surface area (Å²) in [7, 11) is 0. The monoisotopic (exact) mass is 1020 g/mol. The second-order valence-electron chi connectivity index (χ2n) is 20.7. The Bertz CT molecular complexity index is 2510. The van der Waals surface area contributed by atoms with Gasteiger partial charge in [0, 0.05) is 108 Å². The van der Waals surface area contributed by atoms with Crippen LogP contribution in [0.4, 0.5) is 5.69 Å². The number of rotatable bonds is 20. The molecule has 0 radical (unpaired) electrons. The molecule has 3 aliphatic heterocycles. The van der Waals surface area contributed by atoms with Gasteiger partial charge in [-0.05, 0) is 103 Å². The molecule has 4 N–H and O–H groups in total. The molecule has 16 nitrogen and oxygen atoms in total. The number of hydrogen-bond acceptors (Lipinski definition) is 11. The number of hydrogen-bond donors (Lipinski definition) is 4. The Labute approximate surface area is 434 Å². The van der Waals surface area contributed by atoms with Gasteiger partial charge < -0.3 is 40.7 Å². The van der Waals surface area contributed by atoms with E-state index in [9.17, 15) is 33.9 Å². The number of amides is 6. The van der Waals surface area contributed by atoms with E-state index in [2.05, 4.69) is 30.8 Å². The second kappa shape index (κ2) is 26.0. The van der Waals surface area contributed by atoms with Crippen LogP contribution >= 0.6 is 11.3 Å². The van der Waals surface area contributed by atoms with Crippen LogP contribution in [-0.2, 0) is 30.5 Å². The molecule has 0 saturated carbocycles. The molecule has 17 heteroatoms. The van der Waals surface area contributed by atoms with Crippen LogP contribution in [0.15, 0.2) is 84.6 Å². The van der Waals surface area contributed by atoms with Crippen LogP contribution in [0.25, 0.3) is 16.5 Å². The third kappa shape index (κ3) is 15.5. The van der Waals surface area contributed by atoms with Crippen molar-refractivity contribution >= 4 is 58.5 Å². The number of β-amino-alcohol motifs (C(OH)–C–C–N with tert-alkyl or cyclic N) is 1. The Kier molecular flexibility index (Phi) is 19.3. The van der Waals surface area contributed by atoms with Crippen LogP contribution in [0.2, 0.25) is 0 Å². The maximum atomic E-state index is 14.1. The predicted octanol–water partition coefficient (Wildman–Crippen LogP) is 6.38. The van der Waals surface area contributed by atoms with Crippen molar-refractivity contribution in [3.05, 3.63) is 107 Å². The number of carbonyl (C=O) groups is 6. The van der Waals surface area contributed by atoms with Gasteiger partial charge in [-0.25, -0.2) is 4.98 Å². The van der Waals surface area contributed by atoms with Crippen molar-refractivity contribution in [2.45, 2.75) is 117 Å². The van der Waals surface area contributed by atoms with E-state index in [-0.39, 0.29) is 55.5 Å². The maximum absolute atomic E-state index is 14.1. The summed E-state index contributed by atoms with van der Waals surface area (Å²) in [5.41, 5.74) is 6.62. The number of aromatic nitrogens is 2. The smallest absolute Gasteiger partial charge is 0.253 e. The Morgan fingerprint density at radius 3 is 2.25 bits per heavy atom. The number of aliphatic hydroxyl groups is 1. The molecule has 390 valence electrons. The highest BCUT2D eigenvalue weighted by atomic mass is 32.1. The molecule has 4 aromatic rings. The van der Waals surface area contributed by atoms with Gasteiger partial charge in [0.2, 0.25) is 29.5 Å². The molecule has 0 bridgehead atoms. The van der Waals surface area contributed by atoms with E-state index in [0.29, 0.717) is 63.5 Å². The molecule has 73 heavy (non-hydrogen) atoms. The summed E-state index contributed by atoms with van der Waals surface area (Å²) in [4.78, 5) is 96.6. The predicted molar refractivity (Wildman–Crippen MR) is 284 cm³/mol. The number of thiazole rings is 1. The molecular formula is C56H73N9O7S. The zero-order valence-electron chi connectivity index (χ0n) is 42.9. The molecule has 5 heterocycles. The molecule has 0 unspecified atom stereocenters. The number of nitrogens with zero attached hydrogens (tertiary/aromatic N) is 6. The number of likely N-dealkylation sites (tertiary alicyclic amines) is 2. The third-order valence-corrected chi connectivity index (χ3v) is 15.2. The fourth-order valence-corrected chi connectivity index (χ4v) is 10.7. The van der Waals surface area contributed by atoms with Gasteiger partial charge in [-0.3, -0.25) is 33.8 Å². The summed E-state index contributed by atoms with van der Waals surface area (Å²) in [5.74, 6) is -0.515. The molecule has 0 spiro atoms. The summed E-state index contributed by atoms with van der Waals surface area (Å²) in [6.45, 7) is 12.4. The number of piperazine rings is 1. The van der Waals surface area contributed by atoms with Crippen molar-refractivity contribution in [3.63, 3.8) is 0 Å². The van der Waals surface area contributed by atoms with Crippen molar-refractivity contribution in [2.24, 2.45) is 11.3 Å². The van der Waals surface area contributed by atoms with Crippen molar-refractivity contribution in [2.75, 3.05) is 57.3 Å². The first-order chi connectivity index (χ1) is 35.1. The first-order valence-corrected chi connectivity index (χ1v) is 26.8. The summed E-state index contributed by atoms with van der Waals surface area (Å²) < 4.78 is 0. The zero-order chi connectivity index (χ0) is 51.9. The van der Waals surface area contributed by atoms with Gasteiger partial charge in [-0.15, -0.1) is 11.3 Å². The normalized spacial score (nSPS) is 17.9. The molecule has 3 atom stereocenters. The van der Waals surface area contributed by atoms with Gasteiger partial charge in [-0.2, -0.15) is 0 Å². The van der Waals surface area contributed by atoms with Crippen LogP contribution in [0, 0.1) is 18.3 Å². The Morgan fingerprint density at radius 1 is 0.849 bits per heavy atom. The van der Waals surface area contributed by atoms with Gasteiger partial charge in [0.25, 0.3) is 5.91 Å². The van der Waals surface area contributed by atoms with E-state index >= 15 is 0 Å². The Balaban J connectivity index is 0.765. The Morgan fingerprint density at radius 2 is 1.58 bits per heavy atom. The number of anilines is 1. The molecule has 2 aromatic heterocycles. The maximum Gasteiger partial charge on any atom is 0.253 e. The minimum atomic E-state index is -0.926. The average Bonchev–Trinajstić information content (AvgIpc) is 4.02. The van der Waals surface area contributed by atoms with Crippen LogP contribution in [0.3, 0.4) is 0 Å². The lowest BCUT2D eigenvalue weighted by Crippen LogP contribution is -2.57. The van der Waals surface area contributed by atoms with Crippen molar-refractivity contribution in [1.29, 1.82) is 0 Å². The molecule has 3 aliphatic rings. The summed E-state index contributed by atoms with van der Waals surface area (Å²) in [6, 6.07) is 17.6. The van der Waals surface area contributed by atoms with E-state index in [1.165, 1.54) is 11.0 Å². The Hall–Kier alpha value is -6.46. The molecule has 6 amide bonds. The number of unbranched alkanes of at least 4 members (excludes halogenated alkanes) is 2.